The Balaban J connectivity index is 2.02. The van der Waals surface area contributed by atoms with Crippen molar-refractivity contribution in [2.75, 3.05) is 0 Å². The molecule has 0 spiro atoms. The van der Waals surface area contributed by atoms with Gasteiger partial charge in [0, 0.05) is 12.1 Å². The number of nitrogens with one attached hydrogen (secondary N) is 1. The van der Waals surface area contributed by atoms with Gasteiger partial charge in [-0.1, -0.05) is 32.4 Å². The molecule has 1 aliphatic carbocycles. The zero-order chi connectivity index (χ0) is 15.6. The largest absolute Gasteiger partial charge is 0.307 e. The molecule has 4 nitrogen and oxygen atoms in total. The van der Waals surface area contributed by atoms with Gasteiger partial charge in [-0.2, -0.15) is 0 Å². The van der Waals surface area contributed by atoms with Crippen molar-refractivity contribution in [1.82, 2.24) is 5.32 Å². The highest BCUT2D eigenvalue weighted by Crippen LogP contribution is 2.35. The molecule has 118 valence electrons. The van der Waals surface area contributed by atoms with E-state index in [1.165, 1.54) is 19.3 Å². The molecule has 4 atom stereocenters. The Kier molecular flexibility index (Phi) is 5.07. The number of hydrogen-bond acceptors (Lipinski definition) is 3. The Morgan fingerprint density at radius 1 is 1.29 bits per heavy atom. The van der Waals surface area contributed by atoms with Crippen molar-refractivity contribution in [2.24, 2.45) is 17.0 Å². The van der Waals surface area contributed by atoms with Gasteiger partial charge < -0.3 is 5.32 Å². The van der Waals surface area contributed by atoms with Gasteiger partial charge in [-0.25, -0.2) is 13.6 Å². The Morgan fingerprint density at radius 2 is 1.90 bits per heavy atom. The maximum Gasteiger partial charge on any atom is 0.238 e. The van der Waals surface area contributed by atoms with Gasteiger partial charge in [0.25, 0.3) is 0 Å². The third-order valence-corrected chi connectivity index (χ3v) is 5.85. The smallest absolute Gasteiger partial charge is 0.238 e. The quantitative estimate of drug-likeness (QED) is 0.878. The second-order valence-electron chi connectivity index (χ2n) is 6.21. The zero-order valence-corrected chi connectivity index (χ0v) is 13.9. The lowest BCUT2D eigenvalue weighted by atomic mass is 9.93. The molecule has 0 aliphatic heterocycles. The summed E-state index contributed by atoms with van der Waals surface area (Å²) in [6.45, 7) is 6.71. The standard InChI is InChI=1S/C16H26N2O2S/c1-4-13-7-10-16(11(13)2)18-12(3)14-5-8-15(9-6-14)21(17,19)20/h5-6,8-9,11-13,16,18H,4,7,10H2,1-3H3,(H2,17,19,20). The van der Waals surface area contributed by atoms with Gasteiger partial charge in [-0.3, -0.25) is 0 Å². The van der Waals surface area contributed by atoms with Crippen molar-refractivity contribution >= 4 is 10.0 Å². The Hall–Kier alpha value is -0.910. The number of nitrogens with two attached hydrogens (primary N) is 1. The molecule has 2 rings (SSSR count). The van der Waals surface area contributed by atoms with Crippen LogP contribution in [0.1, 0.15) is 51.6 Å². The summed E-state index contributed by atoms with van der Waals surface area (Å²) >= 11 is 0. The average molecular weight is 310 g/mol. The molecule has 21 heavy (non-hydrogen) atoms. The van der Waals surface area contributed by atoms with Crippen molar-refractivity contribution in [3.63, 3.8) is 0 Å². The first-order valence-corrected chi connectivity index (χ1v) is 9.26. The molecule has 0 saturated heterocycles. The van der Waals surface area contributed by atoms with Gasteiger partial charge in [0.1, 0.15) is 0 Å². The minimum absolute atomic E-state index is 0.165. The van der Waals surface area contributed by atoms with Crippen LogP contribution >= 0.6 is 0 Å². The third-order valence-electron chi connectivity index (χ3n) is 4.92. The van der Waals surface area contributed by atoms with Crippen molar-refractivity contribution in [3.8, 4) is 0 Å². The summed E-state index contributed by atoms with van der Waals surface area (Å²) in [7, 11) is -3.61. The van der Waals surface area contributed by atoms with Crippen LogP contribution in [0.2, 0.25) is 0 Å². The first-order chi connectivity index (χ1) is 9.82. The molecule has 1 aromatic rings. The van der Waals surface area contributed by atoms with E-state index in [-0.39, 0.29) is 10.9 Å². The van der Waals surface area contributed by atoms with Gasteiger partial charge in [0.2, 0.25) is 10.0 Å². The molecular weight excluding hydrogens is 284 g/mol. The lowest BCUT2D eigenvalue weighted by Crippen LogP contribution is -2.34. The Labute approximate surface area is 128 Å². The fraction of sp³-hybridized carbons (Fsp3) is 0.625. The van der Waals surface area contributed by atoms with Gasteiger partial charge >= 0.3 is 0 Å². The molecule has 0 radical (unpaired) electrons. The van der Waals surface area contributed by atoms with Gasteiger partial charge in [-0.15, -0.1) is 0 Å². The highest BCUT2D eigenvalue weighted by molar-refractivity contribution is 7.89. The lowest BCUT2D eigenvalue weighted by molar-refractivity contribution is 0.327. The summed E-state index contributed by atoms with van der Waals surface area (Å²) in [6.07, 6.45) is 3.77. The predicted molar refractivity (Wildman–Crippen MR) is 85.3 cm³/mol. The molecule has 3 N–H and O–H groups in total. The second kappa shape index (κ2) is 6.46. The van der Waals surface area contributed by atoms with E-state index < -0.39 is 10.0 Å². The van der Waals surface area contributed by atoms with Crippen LogP contribution in [-0.4, -0.2) is 14.5 Å². The molecule has 1 saturated carbocycles. The van der Waals surface area contributed by atoms with E-state index in [0.717, 1.165) is 11.5 Å². The molecule has 1 fully saturated rings. The van der Waals surface area contributed by atoms with E-state index in [1.807, 2.05) is 12.1 Å². The van der Waals surface area contributed by atoms with Gasteiger partial charge in [0.05, 0.1) is 4.90 Å². The second-order valence-corrected chi connectivity index (χ2v) is 7.78. The minimum Gasteiger partial charge on any atom is -0.307 e. The van der Waals surface area contributed by atoms with Crippen LogP contribution in [0.25, 0.3) is 0 Å². The fourth-order valence-corrected chi connectivity index (χ4v) is 3.94. The Bertz CT molecular complexity index is 568. The Morgan fingerprint density at radius 3 is 2.38 bits per heavy atom. The van der Waals surface area contributed by atoms with Crippen LogP contribution in [0, 0.1) is 11.8 Å². The summed E-state index contributed by atoms with van der Waals surface area (Å²) in [5.74, 6) is 1.51. The first kappa shape index (κ1) is 16.5. The molecule has 5 heteroatoms. The van der Waals surface area contributed by atoms with E-state index in [2.05, 4.69) is 26.1 Å². The van der Waals surface area contributed by atoms with Crippen LogP contribution in [0.5, 0.6) is 0 Å². The van der Waals surface area contributed by atoms with E-state index in [1.54, 1.807) is 12.1 Å². The summed E-state index contributed by atoms with van der Waals surface area (Å²) in [5, 5.41) is 8.81. The molecule has 0 bridgehead atoms. The first-order valence-electron chi connectivity index (χ1n) is 7.71. The third kappa shape index (κ3) is 3.84. The minimum atomic E-state index is -3.61. The predicted octanol–water partition coefficient (Wildman–Crippen LogP) is 2.81. The van der Waals surface area contributed by atoms with Crippen molar-refractivity contribution in [2.45, 2.75) is 57.0 Å². The van der Waals surface area contributed by atoms with E-state index >= 15 is 0 Å². The maximum absolute atomic E-state index is 11.3. The number of hydrogen-bond donors (Lipinski definition) is 2. The molecule has 0 aromatic heterocycles. The molecule has 4 unspecified atom stereocenters. The van der Waals surface area contributed by atoms with Crippen molar-refractivity contribution < 1.29 is 8.42 Å². The monoisotopic (exact) mass is 310 g/mol. The van der Waals surface area contributed by atoms with E-state index in [4.69, 9.17) is 5.14 Å². The number of rotatable bonds is 5. The van der Waals surface area contributed by atoms with Crippen LogP contribution in [0.15, 0.2) is 29.2 Å². The normalized spacial score (nSPS) is 27.7. The summed E-state index contributed by atoms with van der Waals surface area (Å²) in [5.41, 5.74) is 1.09. The van der Waals surface area contributed by atoms with E-state index in [9.17, 15) is 8.42 Å². The van der Waals surface area contributed by atoms with Crippen LogP contribution in [0.3, 0.4) is 0 Å². The van der Waals surface area contributed by atoms with Crippen LogP contribution < -0.4 is 10.5 Å². The van der Waals surface area contributed by atoms with E-state index in [0.29, 0.717) is 12.0 Å². The summed E-state index contributed by atoms with van der Waals surface area (Å²) in [6, 6.07) is 7.60. The summed E-state index contributed by atoms with van der Waals surface area (Å²) in [4.78, 5) is 0.165. The highest BCUT2D eigenvalue weighted by atomic mass is 32.2. The average Bonchev–Trinajstić information content (AvgIpc) is 2.79. The molecule has 1 aliphatic rings. The fourth-order valence-electron chi connectivity index (χ4n) is 3.42. The molecule has 0 heterocycles. The molecular formula is C16H26N2O2S. The van der Waals surface area contributed by atoms with Crippen LogP contribution in [0.4, 0.5) is 0 Å². The summed E-state index contributed by atoms with van der Waals surface area (Å²) < 4.78 is 22.5. The zero-order valence-electron chi connectivity index (χ0n) is 13.0. The molecule has 1 aromatic carbocycles. The topological polar surface area (TPSA) is 72.2 Å². The van der Waals surface area contributed by atoms with Crippen molar-refractivity contribution in [1.29, 1.82) is 0 Å². The van der Waals surface area contributed by atoms with Gasteiger partial charge in [0.15, 0.2) is 0 Å². The highest BCUT2D eigenvalue weighted by Gasteiger charge is 2.32. The number of primary sulfonamides is 1. The van der Waals surface area contributed by atoms with Gasteiger partial charge in [-0.05, 0) is 49.3 Å². The number of sulfonamides is 1. The van der Waals surface area contributed by atoms with Crippen molar-refractivity contribution in [3.05, 3.63) is 29.8 Å². The lowest BCUT2D eigenvalue weighted by Gasteiger charge is -2.25. The number of benzene rings is 1. The maximum atomic E-state index is 11.3. The SMILES string of the molecule is CCC1CCC(NC(C)c2ccc(S(N)(=O)=O)cc2)C1C. The molecule has 0 amide bonds. The van der Waals surface area contributed by atoms with Crippen LogP contribution in [-0.2, 0) is 10.0 Å².